The smallest absolute Gasteiger partial charge is 0.228 e. The van der Waals surface area contributed by atoms with Crippen LogP contribution in [0.5, 0.6) is 0 Å². The van der Waals surface area contributed by atoms with Gasteiger partial charge in [-0.25, -0.2) is 0 Å². The number of hydrogen-bond donors (Lipinski definition) is 1. The molecular weight excluding hydrogens is 312 g/mol. The zero-order chi connectivity index (χ0) is 15.6. The highest BCUT2D eigenvalue weighted by Crippen LogP contribution is 2.32. The third kappa shape index (κ3) is 3.98. The minimum Gasteiger partial charge on any atom is -0.325 e. The van der Waals surface area contributed by atoms with Crippen molar-refractivity contribution >= 4 is 51.7 Å². The quantitative estimate of drug-likeness (QED) is 0.927. The lowest BCUT2D eigenvalue weighted by Crippen LogP contribution is -2.25. The van der Waals surface area contributed by atoms with E-state index in [4.69, 9.17) is 11.6 Å². The van der Waals surface area contributed by atoms with Crippen LogP contribution in [0.25, 0.3) is 0 Å². The molecule has 1 aromatic rings. The number of amides is 2. The molecule has 1 heterocycles. The highest BCUT2D eigenvalue weighted by atomic mass is 35.5. The van der Waals surface area contributed by atoms with Crippen molar-refractivity contribution in [2.45, 2.75) is 25.5 Å². The van der Waals surface area contributed by atoms with Gasteiger partial charge in [0.05, 0.1) is 10.7 Å². The maximum absolute atomic E-state index is 12.0. The van der Waals surface area contributed by atoms with Gasteiger partial charge in [0.2, 0.25) is 11.8 Å². The molecule has 2 rings (SSSR count). The molecule has 21 heavy (non-hydrogen) atoms. The Morgan fingerprint density at radius 2 is 2.10 bits per heavy atom. The molecule has 7 heteroatoms. The molecule has 0 bridgehead atoms. The number of nitrogens with one attached hydrogen (secondary N) is 1. The molecule has 1 fully saturated rings. The first-order valence-corrected chi connectivity index (χ1v) is 7.67. The summed E-state index contributed by atoms with van der Waals surface area (Å²) < 4.78 is 0. The normalized spacial score (nSPS) is 18.0. The predicted molar refractivity (Wildman–Crippen MR) is 84.8 cm³/mol. The van der Waals surface area contributed by atoms with Crippen LogP contribution in [-0.4, -0.2) is 28.7 Å². The molecule has 1 N–H and O–H groups in total. The van der Waals surface area contributed by atoms with E-state index in [1.807, 2.05) is 0 Å². The van der Waals surface area contributed by atoms with Gasteiger partial charge in [-0.1, -0.05) is 23.4 Å². The van der Waals surface area contributed by atoms with E-state index in [0.29, 0.717) is 29.4 Å². The number of halogens is 1. The van der Waals surface area contributed by atoms with E-state index in [1.165, 1.54) is 25.6 Å². The van der Waals surface area contributed by atoms with Crippen molar-refractivity contribution in [1.82, 2.24) is 0 Å². The van der Waals surface area contributed by atoms with Gasteiger partial charge in [-0.2, -0.15) is 0 Å². The second-order valence-electron chi connectivity index (χ2n) is 4.79. The van der Waals surface area contributed by atoms with Gasteiger partial charge in [0.1, 0.15) is 0 Å². The van der Waals surface area contributed by atoms with Gasteiger partial charge in [0.25, 0.3) is 0 Å². The summed E-state index contributed by atoms with van der Waals surface area (Å²) in [6.45, 7) is 3.38. The largest absolute Gasteiger partial charge is 0.325 e. The first-order valence-electron chi connectivity index (χ1n) is 6.41. The second kappa shape index (κ2) is 6.49. The summed E-state index contributed by atoms with van der Waals surface area (Å²) in [5.74, 6) is -0.239. The summed E-state index contributed by atoms with van der Waals surface area (Å²) >= 11 is 7.30. The fraction of sp³-hybridized carbons (Fsp3) is 0.357. The first kappa shape index (κ1) is 15.9. The third-order valence-corrected chi connectivity index (χ3v) is 4.29. The summed E-state index contributed by atoms with van der Waals surface area (Å²) in [5, 5.41) is 2.97. The molecule has 1 aliphatic rings. The van der Waals surface area contributed by atoms with Crippen LogP contribution >= 0.6 is 23.4 Å². The summed E-state index contributed by atoms with van der Waals surface area (Å²) in [4.78, 5) is 35.8. The molecule has 0 spiro atoms. The van der Waals surface area contributed by atoms with Gasteiger partial charge in [-0.3, -0.25) is 14.4 Å². The monoisotopic (exact) mass is 326 g/mol. The predicted octanol–water partition coefficient (Wildman–Crippen LogP) is 2.68. The minimum atomic E-state index is -0.208. The third-order valence-electron chi connectivity index (χ3n) is 3.00. The zero-order valence-electron chi connectivity index (χ0n) is 11.7. The standard InChI is InChI=1S/C14H15ClN2O3S/c1-8(18)16-13-4-3-10(5-12(13)15)17-7-11(6-14(17)20)21-9(2)19/h3-5,11H,6-7H2,1-2H3,(H,16,18). The molecule has 112 valence electrons. The highest BCUT2D eigenvalue weighted by molar-refractivity contribution is 8.14. The average molecular weight is 327 g/mol. The maximum atomic E-state index is 12.0. The molecule has 0 radical (unpaired) electrons. The fourth-order valence-corrected chi connectivity index (χ4v) is 3.34. The van der Waals surface area contributed by atoms with Gasteiger partial charge < -0.3 is 10.2 Å². The van der Waals surface area contributed by atoms with E-state index in [-0.39, 0.29) is 22.2 Å². The molecule has 0 saturated carbocycles. The summed E-state index contributed by atoms with van der Waals surface area (Å²) in [6.07, 6.45) is 0.343. The van der Waals surface area contributed by atoms with E-state index < -0.39 is 0 Å². The number of thioether (sulfide) groups is 1. The Labute approximate surface area is 132 Å². The number of rotatable bonds is 3. The Balaban J connectivity index is 2.15. The number of carbonyl (C=O) groups is 3. The Hall–Kier alpha value is -1.53. The van der Waals surface area contributed by atoms with Gasteiger partial charge in [-0.15, -0.1) is 0 Å². The minimum absolute atomic E-state index is 0.00804. The van der Waals surface area contributed by atoms with Crippen LogP contribution in [-0.2, 0) is 14.4 Å². The lowest BCUT2D eigenvalue weighted by molar-refractivity contribution is -0.117. The first-order chi connectivity index (χ1) is 9.86. The van der Waals surface area contributed by atoms with Crippen molar-refractivity contribution < 1.29 is 14.4 Å². The molecule has 5 nitrogen and oxygen atoms in total. The number of carbonyl (C=O) groups excluding carboxylic acids is 3. The highest BCUT2D eigenvalue weighted by Gasteiger charge is 2.32. The SMILES string of the molecule is CC(=O)Nc1ccc(N2CC(SC(C)=O)CC2=O)cc1Cl. The Kier molecular flexibility index (Phi) is 4.90. The van der Waals surface area contributed by atoms with E-state index in [1.54, 1.807) is 23.1 Å². The van der Waals surface area contributed by atoms with Crippen molar-refractivity contribution in [3.05, 3.63) is 23.2 Å². The number of nitrogens with zero attached hydrogens (tertiary/aromatic N) is 1. The van der Waals surface area contributed by atoms with Crippen molar-refractivity contribution in [3.63, 3.8) is 0 Å². The molecule has 0 aromatic heterocycles. The van der Waals surface area contributed by atoms with Crippen molar-refractivity contribution in [2.24, 2.45) is 0 Å². The molecule has 1 unspecified atom stereocenters. The van der Waals surface area contributed by atoms with Crippen molar-refractivity contribution in [1.29, 1.82) is 0 Å². The van der Waals surface area contributed by atoms with E-state index in [0.717, 1.165) is 0 Å². The Morgan fingerprint density at radius 1 is 1.38 bits per heavy atom. The van der Waals surface area contributed by atoms with E-state index in [2.05, 4.69) is 5.32 Å². The van der Waals surface area contributed by atoms with Crippen LogP contribution in [0.15, 0.2) is 18.2 Å². The molecular formula is C14H15ClN2O3S. The van der Waals surface area contributed by atoms with Crippen molar-refractivity contribution in [3.8, 4) is 0 Å². The summed E-state index contributed by atoms with van der Waals surface area (Å²) in [7, 11) is 0. The second-order valence-corrected chi connectivity index (χ2v) is 6.67. The summed E-state index contributed by atoms with van der Waals surface area (Å²) in [6, 6.07) is 5.04. The Bertz CT molecular complexity index is 606. The molecule has 1 saturated heterocycles. The lowest BCUT2D eigenvalue weighted by atomic mass is 10.2. The molecule has 1 aromatic carbocycles. The molecule has 0 aliphatic carbocycles. The number of hydrogen-bond acceptors (Lipinski definition) is 4. The van der Waals surface area contributed by atoms with Gasteiger partial charge in [-0.05, 0) is 18.2 Å². The summed E-state index contributed by atoms with van der Waals surface area (Å²) in [5.41, 5.74) is 1.18. The van der Waals surface area contributed by atoms with Crippen molar-refractivity contribution in [2.75, 3.05) is 16.8 Å². The van der Waals surface area contributed by atoms with Crippen LogP contribution in [0, 0.1) is 0 Å². The van der Waals surface area contributed by atoms with Crippen LogP contribution in [0.2, 0.25) is 5.02 Å². The fourth-order valence-electron chi connectivity index (χ4n) is 2.20. The van der Waals surface area contributed by atoms with Crippen LogP contribution in [0.4, 0.5) is 11.4 Å². The molecule has 1 atom stereocenters. The van der Waals surface area contributed by atoms with Gasteiger partial charge >= 0.3 is 0 Å². The van der Waals surface area contributed by atoms with Crippen LogP contribution in [0.1, 0.15) is 20.3 Å². The van der Waals surface area contributed by atoms with Gasteiger partial charge in [0.15, 0.2) is 5.12 Å². The number of anilines is 2. The van der Waals surface area contributed by atoms with Crippen LogP contribution in [0.3, 0.4) is 0 Å². The zero-order valence-corrected chi connectivity index (χ0v) is 13.3. The van der Waals surface area contributed by atoms with E-state index >= 15 is 0 Å². The molecule has 2 amide bonds. The maximum Gasteiger partial charge on any atom is 0.228 e. The number of benzene rings is 1. The molecule has 1 aliphatic heterocycles. The lowest BCUT2D eigenvalue weighted by Gasteiger charge is -2.17. The van der Waals surface area contributed by atoms with Gasteiger partial charge in [0, 0.05) is 37.8 Å². The Morgan fingerprint density at radius 3 is 2.67 bits per heavy atom. The topological polar surface area (TPSA) is 66.5 Å². The average Bonchev–Trinajstić information content (AvgIpc) is 2.71. The van der Waals surface area contributed by atoms with Crippen LogP contribution < -0.4 is 10.2 Å². The van der Waals surface area contributed by atoms with E-state index in [9.17, 15) is 14.4 Å².